The standard InChI is InChI=1S/C14H13ClFN3S/c1-9-17-11(8-20-9)7-19-13-6-10(16)2-3-12(13)18-14(19)4-5-15/h2-3,6,8H,4-5,7H2,1H3. The predicted octanol–water partition coefficient (Wildman–Crippen LogP) is 3.77. The summed E-state index contributed by atoms with van der Waals surface area (Å²) < 4.78 is 15.5. The first kappa shape index (κ1) is 13.5. The fourth-order valence-corrected chi connectivity index (χ4v) is 3.01. The highest BCUT2D eigenvalue weighted by molar-refractivity contribution is 7.09. The number of aryl methyl sites for hydroxylation is 2. The number of thiazole rings is 1. The predicted molar refractivity (Wildman–Crippen MR) is 80.1 cm³/mol. The maximum Gasteiger partial charge on any atom is 0.125 e. The number of benzene rings is 1. The molecule has 2 aromatic heterocycles. The van der Waals surface area contributed by atoms with Crippen molar-refractivity contribution >= 4 is 34.0 Å². The molecular weight excluding hydrogens is 297 g/mol. The van der Waals surface area contributed by atoms with Crippen LogP contribution < -0.4 is 0 Å². The molecule has 0 radical (unpaired) electrons. The van der Waals surface area contributed by atoms with Crippen LogP contribution in [0.5, 0.6) is 0 Å². The Morgan fingerprint density at radius 1 is 1.35 bits per heavy atom. The molecule has 0 saturated carbocycles. The summed E-state index contributed by atoms with van der Waals surface area (Å²) in [4.78, 5) is 8.99. The van der Waals surface area contributed by atoms with E-state index in [-0.39, 0.29) is 5.82 Å². The number of aromatic nitrogens is 3. The Bertz CT molecular complexity index is 750. The van der Waals surface area contributed by atoms with Gasteiger partial charge in [-0.15, -0.1) is 22.9 Å². The molecule has 3 nitrogen and oxygen atoms in total. The van der Waals surface area contributed by atoms with Crippen molar-refractivity contribution in [3.8, 4) is 0 Å². The molecule has 3 aromatic rings. The summed E-state index contributed by atoms with van der Waals surface area (Å²) in [6.07, 6.45) is 0.654. The number of fused-ring (bicyclic) bond motifs is 1. The molecule has 0 atom stereocenters. The van der Waals surface area contributed by atoms with Gasteiger partial charge in [0.1, 0.15) is 11.6 Å². The lowest BCUT2D eigenvalue weighted by Crippen LogP contribution is -2.06. The summed E-state index contributed by atoms with van der Waals surface area (Å²) in [5.41, 5.74) is 2.54. The molecule has 0 aliphatic rings. The fraction of sp³-hybridized carbons (Fsp3) is 0.286. The Morgan fingerprint density at radius 3 is 2.90 bits per heavy atom. The minimum atomic E-state index is -0.259. The normalized spacial score (nSPS) is 11.3. The van der Waals surface area contributed by atoms with Crippen molar-refractivity contribution in [2.24, 2.45) is 0 Å². The van der Waals surface area contributed by atoms with Crippen LogP contribution in [0, 0.1) is 12.7 Å². The topological polar surface area (TPSA) is 30.7 Å². The van der Waals surface area contributed by atoms with E-state index in [1.807, 2.05) is 16.9 Å². The highest BCUT2D eigenvalue weighted by Gasteiger charge is 2.12. The summed E-state index contributed by atoms with van der Waals surface area (Å²) >= 11 is 7.44. The van der Waals surface area contributed by atoms with Gasteiger partial charge in [-0.3, -0.25) is 0 Å². The molecule has 0 unspecified atom stereocenters. The van der Waals surface area contributed by atoms with Gasteiger partial charge in [0, 0.05) is 17.7 Å². The molecule has 0 aliphatic heterocycles. The Labute approximate surface area is 125 Å². The number of rotatable bonds is 4. The molecule has 0 fully saturated rings. The van der Waals surface area contributed by atoms with Gasteiger partial charge in [0.25, 0.3) is 0 Å². The van der Waals surface area contributed by atoms with E-state index >= 15 is 0 Å². The first-order valence-corrected chi connectivity index (χ1v) is 7.70. The Morgan fingerprint density at radius 2 is 2.20 bits per heavy atom. The summed E-state index contributed by atoms with van der Waals surface area (Å²) in [5.74, 6) is 1.10. The molecule has 0 saturated heterocycles. The van der Waals surface area contributed by atoms with Gasteiger partial charge in [-0.2, -0.15) is 0 Å². The molecule has 2 heterocycles. The zero-order chi connectivity index (χ0) is 14.1. The van der Waals surface area contributed by atoms with Gasteiger partial charge >= 0.3 is 0 Å². The zero-order valence-corrected chi connectivity index (χ0v) is 12.5. The van der Waals surface area contributed by atoms with Crippen molar-refractivity contribution in [3.63, 3.8) is 0 Å². The molecule has 0 aliphatic carbocycles. The zero-order valence-electron chi connectivity index (χ0n) is 10.9. The van der Waals surface area contributed by atoms with Crippen LogP contribution >= 0.6 is 22.9 Å². The van der Waals surface area contributed by atoms with E-state index in [0.29, 0.717) is 18.8 Å². The van der Waals surface area contributed by atoms with Crippen LogP contribution in [-0.2, 0) is 13.0 Å². The average Bonchev–Trinajstić information content (AvgIpc) is 2.96. The van der Waals surface area contributed by atoms with E-state index in [1.165, 1.54) is 12.1 Å². The summed E-state index contributed by atoms with van der Waals surface area (Å²) in [6, 6.07) is 4.64. The molecule has 3 rings (SSSR count). The lowest BCUT2D eigenvalue weighted by molar-refractivity contribution is 0.628. The first-order valence-electron chi connectivity index (χ1n) is 6.29. The SMILES string of the molecule is Cc1nc(Cn2c(CCCl)nc3ccc(F)cc32)cs1. The molecule has 20 heavy (non-hydrogen) atoms. The molecule has 0 bridgehead atoms. The summed E-state index contributed by atoms with van der Waals surface area (Å²) in [6.45, 7) is 2.57. The number of halogens is 2. The molecule has 1 aromatic carbocycles. The second-order valence-electron chi connectivity index (χ2n) is 4.54. The molecular formula is C14H13ClFN3S. The average molecular weight is 310 g/mol. The number of hydrogen-bond acceptors (Lipinski definition) is 3. The van der Waals surface area contributed by atoms with E-state index in [4.69, 9.17) is 11.6 Å². The summed E-state index contributed by atoms with van der Waals surface area (Å²) in [7, 11) is 0. The van der Waals surface area contributed by atoms with Crippen LogP contribution in [0.3, 0.4) is 0 Å². The van der Waals surface area contributed by atoms with E-state index in [2.05, 4.69) is 9.97 Å². The second kappa shape index (κ2) is 5.50. The van der Waals surface area contributed by atoms with Gasteiger partial charge in [-0.05, 0) is 25.1 Å². The maximum absolute atomic E-state index is 13.5. The second-order valence-corrected chi connectivity index (χ2v) is 5.98. The Kier molecular flexibility index (Phi) is 3.72. The number of imidazole rings is 1. The highest BCUT2D eigenvalue weighted by Crippen LogP contribution is 2.20. The van der Waals surface area contributed by atoms with Crippen molar-refractivity contribution in [1.82, 2.24) is 14.5 Å². The molecule has 0 amide bonds. The number of nitrogens with zero attached hydrogens (tertiary/aromatic N) is 3. The van der Waals surface area contributed by atoms with Crippen molar-refractivity contribution in [1.29, 1.82) is 0 Å². The van der Waals surface area contributed by atoms with Crippen molar-refractivity contribution < 1.29 is 4.39 Å². The van der Waals surface area contributed by atoms with Crippen LogP contribution in [0.15, 0.2) is 23.6 Å². The van der Waals surface area contributed by atoms with Crippen molar-refractivity contribution in [2.75, 3.05) is 5.88 Å². The molecule has 6 heteroatoms. The Hall–Kier alpha value is -1.46. The summed E-state index contributed by atoms with van der Waals surface area (Å²) in [5, 5.41) is 3.04. The third kappa shape index (κ3) is 2.55. The lowest BCUT2D eigenvalue weighted by Gasteiger charge is -2.06. The van der Waals surface area contributed by atoms with Gasteiger partial charge in [0.05, 0.1) is 28.3 Å². The highest BCUT2D eigenvalue weighted by atomic mass is 35.5. The third-order valence-electron chi connectivity index (χ3n) is 3.09. The minimum absolute atomic E-state index is 0.259. The minimum Gasteiger partial charge on any atom is -0.322 e. The lowest BCUT2D eigenvalue weighted by atomic mass is 10.3. The first-order chi connectivity index (χ1) is 9.67. The van der Waals surface area contributed by atoms with Crippen molar-refractivity contribution in [3.05, 3.63) is 45.9 Å². The van der Waals surface area contributed by atoms with E-state index in [0.717, 1.165) is 27.6 Å². The van der Waals surface area contributed by atoms with Gasteiger partial charge in [0.2, 0.25) is 0 Å². The van der Waals surface area contributed by atoms with Crippen LogP contribution in [0.2, 0.25) is 0 Å². The van der Waals surface area contributed by atoms with Gasteiger partial charge in [0.15, 0.2) is 0 Å². The van der Waals surface area contributed by atoms with Crippen LogP contribution in [0.25, 0.3) is 11.0 Å². The smallest absolute Gasteiger partial charge is 0.125 e. The van der Waals surface area contributed by atoms with Crippen molar-refractivity contribution in [2.45, 2.75) is 19.9 Å². The molecule has 0 spiro atoms. The van der Waals surface area contributed by atoms with E-state index in [1.54, 1.807) is 17.4 Å². The number of hydrogen-bond donors (Lipinski definition) is 0. The van der Waals surface area contributed by atoms with Crippen LogP contribution in [-0.4, -0.2) is 20.4 Å². The van der Waals surface area contributed by atoms with Gasteiger partial charge < -0.3 is 4.57 Å². The van der Waals surface area contributed by atoms with E-state index < -0.39 is 0 Å². The monoisotopic (exact) mass is 309 g/mol. The number of alkyl halides is 1. The maximum atomic E-state index is 13.5. The quantitative estimate of drug-likeness (QED) is 0.687. The van der Waals surface area contributed by atoms with Crippen LogP contribution in [0.4, 0.5) is 4.39 Å². The largest absolute Gasteiger partial charge is 0.322 e. The van der Waals surface area contributed by atoms with Crippen LogP contribution in [0.1, 0.15) is 16.5 Å². The van der Waals surface area contributed by atoms with Gasteiger partial charge in [-0.1, -0.05) is 0 Å². The molecule has 0 N–H and O–H groups in total. The fourth-order valence-electron chi connectivity index (χ4n) is 2.24. The Balaban J connectivity index is 2.09. The molecule has 104 valence electrons. The van der Waals surface area contributed by atoms with E-state index in [9.17, 15) is 4.39 Å². The van der Waals surface area contributed by atoms with Gasteiger partial charge in [-0.25, -0.2) is 14.4 Å². The third-order valence-corrected chi connectivity index (χ3v) is 4.11.